The number of ether oxygens (including phenoxy) is 1. The maximum absolute atomic E-state index is 12.0. The predicted molar refractivity (Wildman–Crippen MR) is 71.6 cm³/mol. The minimum absolute atomic E-state index is 0.126. The van der Waals surface area contributed by atoms with E-state index in [0.29, 0.717) is 11.5 Å². The van der Waals surface area contributed by atoms with Crippen LogP contribution in [0.4, 0.5) is 0 Å². The van der Waals surface area contributed by atoms with Crippen molar-refractivity contribution in [1.82, 2.24) is 0 Å². The first-order chi connectivity index (χ1) is 8.79. The molecule has 0 amide bonds. The molecule has 0 aliphatic carbocycles. The number of benzene rings is 1. The molecule has 0 aromatic heterocycles. The van der Waals surface area contributed by atoms with Crippen LogP contribution in [0.2, 0.25) is 0 Å². The van der Waals surface area contributed by atoms with E-state index in [4.69, 9.17) is 4.74 Å². The van der Waals surface area contributed by atoms with Crippen molar-refractivity contribution in [2.24, 2.45) is 0 Å². The molecule has 1 aromatic rings. The van der Waals surface area contributed by atoms with Crippen molar-refractivity contribution in [2.45, 2.75) is 24.9 Å². The van der Waals surface area contributed by atoms with Gasteiger partial charge in [-0.25, -0.2) is 0 Å². The molecular formula is C14H17NO2S. The minimum atomic E-state index is -0.988. The fraction of sp³-hybridized carbons (Fsp3) is 0.500. The molecule has 0 radical (unpaired) electrons. The van der Waals surface area contributed by atoms with Crippen molar-refractivity contribution >= 4 is 10.8 Å². The van der Waals surface area contributed by atoms with E-state index in [0.717, 1.165) is 25.0 Å². The number of nitriles is 1. The van der Waals surface area contributed by atoms with Gasteiger partial charge in [0.1, 0.15) is 0 Å². The zero-order chi connectivity index (χ0) is 12.8. The molecule has 1 aliphatic rings. The molecule has 3 unspecified atom stereocenters. The summed E-state index contributed by atoms with van der Waals surface area (Å²) in [6.07, 6.45) is 2.18. The van der Waals surface area contributed by atoms with Crippen LogP contribution in [0.5, 0.6) is 0 Å². The van der Waals surface area contributed by atoms with Crippen LogP contribution >= 0.6 is 0 Å². The van der Waals surface area contributed by atoms with Crippen LogP contribution in [-0.2, 0) is 15.5 Å². The minimum Gasteiger partial charge on any atom is -0.377 e. The standard InChI is InChI=1S/C14H17NO2S/c15-9-13(12-5-2-1-3-6-12)10-18(16)11-14-7-4-8-17-14/h1-3,5-6,13-14H,4,7-8,10-11H2. The van der Waals surface area contributed by atoms with Gasteiger partial charge in [-0.3, -0.25) is 4.21 Å². The molecule has 1 aromatic carbocycles. The van der Waals surface area contributed by atoms with Crippen molar-refractivity contribution in [3.63, 3.8) is 0 Å². The first kappa shape index (κ1) is 13.3. The van der Waals surface area contributed by atoms with E-state index in [1.807, 2.05) is 30.3 Å². The molecule has 3 nitrogen and oxygen atoms in total. The SMILES string of the molecule is N#CC(CS(=O)CC1CCCO1)c1ccccc1. The highest BCUT2D eigenvalue weighted by molar-refractivity contribution is 7.85. The lowest BCUT2D eigenvalue weighted by molar-refractivity contribution is 0.128. The quantitative estimate of drug-likeness (QED) is 0.818. The van der Waals surface area contributed by atoms with Crippen LogP contribution in [0.3, 0.4) is 0 Å². The summed E-state index contributed by atoms with van der Waals surface area (Å²) < 4.78 is 17.5. The molecule has 2 rings (SSSR count). The van der Waals surface area contributed by atoms with E-state index in [-0.39, 0.29) is 12.0 Å². The van der Waals surface area contributed by atoms with Crippen LogP contribution in [0.25, 0.3) is 0 Å². The Labute approximate surface area is 110 Å². The lowest BCUT2D eigenvalue weighted by atomic mass is 10.0. The van der Waals surface area contributed by atoms with Crippen molar-refractivity contribution in [3.05, 3.63) is 35.9 Å². The molecule has 0 saturated carbocycles. The van der Waals surface area contributed by atoms with Gasteiger partial charge in [0.05, 0.1) is 18.1 Å². The second kappa shape index (κ2) is 6.67. The Morgan fingerprint density at radius 1 is 1.44 bits per heavy atom. The van der Waals surface area contributed by atoms with Gasteiger partial charge >= 0.3 is 0 Å². The maximum atomic E-state index is 12.0. The van der Waals surface area contributed by atoms with E-state index in [1.165, 1.54) is 0 Å². The Hall–Kier alpha value is -1.18. The molecule has 1 fully saturated rings. The summed E-state index contributed by atoms with van der Waals surface area (Å²) in [5, 5.41) is 9.17. The van der Waals surface area contributed by atoms with Crippen LogP contribution in [-0.4, -0.2) is 28.4 Å². The highest BCUT2D eigenvalue weighted by atomic mass is 32.2. The van der Waals surface area contributed by atoms with Crippen molar-refractivity contribution in [2.75, 3.05) is 18.1 Å². The van der Waals surface area contributed by atoms with Gasteiger partial charge in [0, 0.05) is 28.9 Å². The first-order valence-electron chi connectivity index (χ1n) is 6.20. The summed E-state index contributed by atoms with van der Waals surface area (Å²) in [5.74, 6) is 0.680. The third-order valence-electron chi connectivity index (χ3n) is 3.11. The number of hydrogen-bond donors (Lipinski definition) is 0. The van der Waals surface area contributed by atoms with Crippen molar-refractivity contribution in [3.8, 4) is 6.07 Å². The fourth-order valence-corrected chi connectivity index (χ4v) is 3.58. The average Bonchev–Trinajstić information content (AvgIpc) is 2.90. The lowest BCUT2D eigenvalue weighted by Gasteiger charge is -2.12. The molecule has 1 aliphatic heterocycles. The van der Waals surface area contributed by atoms with Gasteiger partial charge < -0.3 is 4.74 Å². The Balaban J connectivity index is 1.90. The Morgan fingerprint density at radius 2 is 2.22 bits per heavy atom. The molecule has 18 heavy (non-hydrogen) atoms. The van der Waals surface area contributed by atoms with Gasteiger partial charge in [0.2, 0.25) is 0 Å². The third-order valence-corrected chi connectivity index (χ3v) is 4.55. The summed E-state index contributed by atoms with van der Waals surface area (Å²) >= 11 is 0. The largest absolute Gasteiger partial charge is 0.377 e. The van der Waals surface area contributed by atoms with E-state index in [1.54, 1.807) is 0 Å². The maximum Gasteiger partial charge on any atom is 0.0827 e. The van der Waals surface area contributed by atoms with Gasteiger partial charge in [-0.1, -0.05) is 30.3 Å². The highest BCUT2D eigenvalue weighted by Crippen LogP contribution is 2.18. The summed E-state index contributed by atoms with van der Waals surface area (Å²) in [4.78, 5) is 0. The highest BCUT2D eigenvalue weighted by Gasteiger charge is 2.21. The summed E-state index contributed by atoms with van der Waals surface area (Å²) in [7, 11) is -0.988. The number of rotatable bonds is 5. The average molecular weight is 263 g/mol. The van der Waals surface area contributed by atoms with Gasteiger partial charge in [0.15, 0.2) is 0 Å². The van der Waals surface area contributed by atoms with Gasteiger partial charge in [0.25, 0.3) is 0 Å². The van der Waals surface area contributed by atoms with Gasteiger partial charge in [-0.15, -0.1) is 0 Å². The van der Waals surface area contributed by atoms with Gasteiger partial charge in [-0.2, -0.15) is 5.26 Å². The fourth-order valence-electron chi connectivity index (χ4n) is 2.13. The van der Waals surface area contributed by atoms with Crippen LogP contribution in [0.15, 0.2) is 30.3 Å². The lowest BCUT2D eigenvalue weighted by Crippen LogP contribution is -2.20. The molecule has 0 bridgehead atoms. The number of nitrogens with zero attached hydrogens (tertiary/aromatic N) is 1. The van der Waals surface area contributed by atoms with Gasteiger partial charge in [-0.05, 0) is 18.4 Å². The monoisotopic (exact) mass is 263 g/mol. The smallest absolute Gasteiger partial charge is 0.0827 e. The molecule has 1 heterocycles. The Bertz CT molecular complexity index is 435. The Morgan fingerprint density at radius 3 is 2.83 bits per heavy atom. The molecular weight excluding hydrogens is 246 g/mol. The van der Waals surface area contributed by atoms with Crippen LogP contribution < -0.4 is 0 Å². The number of hydrogen-bond acceptors (Lipinski definition) is 3. The first-order valence-corrected chi connectivity index (χ1v) is 7.69. The molecule has 1 saturated heterocycles. The zero-order valence-electron chi connectivity index (χ0n) is 10.2. The Kier molecular flexibility index (Phi) is 4.91. The normalized spacial score (nSPS) is 22.3. The van der Waals surface area contributed by atoms with Crippen molar-refractivity contribution in [1.29, 1.82) is 5.26 Å². The third kappa shape index (κ3) is 3.66. The molecule has 0 N–H and O–H groups in total. The summed E-state index contributed by atoms with van der Waals surface area (Å²) in [6.45, 7) is 0.780. The summed E-state index contributed by atoms with van der Waals surface area (Å²) in [5.41, 5.74) is 0.945. The second-order valence-corrected chi connectivity index (χ2v) is 6.05. The van der Waals surface area contributed by atoms with Crippen molar-refractivity contribution < 1.29 is 8.95 Å². The summed E-state index contributed by atoms with van der Waals surface area (Å²) in [6, 6.07) is 11.8. The van der Waals surface area contributed by atoms with Crippen LogP contribution in [0, 0.1) is 11.3 Å². The van der Waals surface area contributed by atoms with Crippen LogP contribution in [0.1, 0.15) is 24.3 Å². The second-order valence-electron chi connectivity index (χ2n) is 4.50. The topological polar surface area (TPSA) is 50.1 Å². The molecule has 0 spiro atoms. The van der Waals surface area contributed by atoms with E-state index in [2.05, 4.69) is 6.07 Å². The van der Waals surface area contributed by atoms with E-state index < -0.39 is 10.8 Å². The van der Waals surface area contributed by atoms with E-state index >= 15 is 0 Å². The predicted octanol–water partition coefficient (Wildman–Crippen LogP) is 2.22. The zero-order valence-corrected chi connectivity index (χ0v) is 11.1. The molecule has 4 heteroatoms. The molecule has 96 valence electrons. The molecule has 3 atom stereocenters. The van der Waals surface area contributed by atoms with E-state index in [9.17, 15) is 9.47 Å².